The second-order valence-corrected chi connectivity index (χ2v) is 11.9. The Kier molecular flexibility index (Phi) is 9.93. The summed E-state index contributed by atoms with van der Waals surface area (Å²) in [5, 5.41) is 9.35. The Morgan fingerprint density at radius 3 is 2.37 bits per heavy atom. The van der Waals surface area contributed by atoms with Crippen molar-refractivity contribution in [3.8, 4) is 17.2 Å². The number of aryl methyl sites for hydroxylation is 1. The van der Waals surface area contributed by atoms with Crippen molar-refractivity contribution in [3.05, 3.63) is 95.3 Å². The van der Waals surface area contributed by atoms with Gasteiger partial charge >= 0.3 is 0 Å². The number of ether oxygens (including phenoxy) is 4. The fourth-order valence-corrected chi connectivity index (χ4v) is 6.37. The molecule has 46 heavy (non-hydrogen) atoms. The van der Waals surface area contributed by atoms with Gasteiger partial charge in [0.25, 0.3) is 0 Å². The van der Waals surface area contributed by atoms with Crippen molar-refractivity contribution < 1.29 is 18.9 Å². The summed E-state index contributed by atoms with van der Waals surface area (Å²) in [6.45, 7) is 4.46. The minimum atomic E-state index is 0.194. The molecule has 5 aromatic rings. The van der Waals surface area contributed by atoms with E-state index < -0.39 is 0 Å². The van der Waals surface area contributed by atoms with E-state index in [1.165, 1.54) is 5.56 Å². The van der Waals surface area contributed by atoms with Gasteiger partial charge in [-0.15, -0.1) is 5.10 Å². The number of rotatable bonds is 13. The van der Waals surface area contributed by atoms with E-state index in [0.717, 1.165) is 71.9 Å². The van der Waals surface area contributed by atoms with Gasteiger partial charge in [0.15, 0.2) is 17.0 Å². The van der Waals surface area contributed by atoms with E-state index in [0.29, 0.717) is 36.9 Å². The first-order valence-electron chi connectivity index (χ1n) is 15.8. The molecule has 6 rings (SSSR count). The van der Waals surface area contributed by atoms with E-state index in [9.17, 15) is 0 Å². The van der Waals surface area contributed by atoms with Crippen LogP contribution in [0.25, 0.3) is 11.2 Å². The van der Waals surface area contributed by atoms with E-state index >= 15 is 0 Å². The predicted octanol–water partition coefficient (Wildman–Crippen LogP) is 6.71. The van der Waals surface area contributed by atoms with Crippen LogP contribution in [0.5, 0.6) is 17.2 Å². The molecule has 2 atom stereocenters. The number of hydrogen-bond donors (Lipinski definition) is 0. The Labute approximate surface area is 270 Å². The molecule has 0 saturated heterocycles. The summed E-state index contributed by atoms with van der Waals surface area (Å²) in [5.41, 5.74) is 5.76. The number of aromatic nitrogens is 5. The molecule has 0 radical (unpaired) electrons. The highest BCUT2D eigenvalue weighted by Gasteiger charge is 2.28. The van der Waals surface area contributed by atoms with Crippen LogP contribution >= 0.6 is 0 Å². The second kappa shape index (κ2) is 14.6. The average molecular weight is 623 g/mol. The normalized spacial score (nSPS) is 16.3. The lowest BCUT2D eigenvalue weighted by atomic mass is 9.86. The molecule has 0 spiro atoms. The maximum atomic E-state index is 6.13. The Hall–Kier alpha value is -4.70. The summed E-state index contributed by atoms with van der Waals surface area (Å²) >= 11 is 0. The summed E-state index contributed by atoms with van der Waals surface area (Å²) in [6.07, 6.45) is 5.87. The van der Waals surface area contributed by atoms with E-state index in [-0.39, 0.29) is 6.04 Å². The smallest absolute Gasteiger partial charge is 0.184 e. The average Bonchev–Trinajstić information content (AvgIpc) is 3.54. The van der Waals surface area contributed by atoms with Crippen LogP contribution in [0, 0.1) is 12.8 Å². The Balaban J connectivity index is 1.28. The second-order valence-electron chi connectivity index (χ2n) is 11.9. The van der Waals surface area contributed by atoms with Crippen LogP contribution in [0.1, 0.15) is 54.0 Å². The first-order valence-corrected chi connectivity index (χ1v) is 15.8. The van der Waals surface area contributed by atoms with Gasteiger partial charge in [0.05, 0.1) is 34.0 Å². The van der Waals surface area contributed by atoms with Gasteiger partial charge in [0.1, 0.15) is 23.6 Å². The van der Waals surface area contributed by atoms with Gasteiger partial charge in [-0.05, 0) is 61.4 Å². The molecule has 1 aliphatic carbocycles. The van der Waals surface area contributed by atoms with Crippen LogP contribution in [-0.4, -0.2) is 52.9 Å². The molecule has 1 aliphatic rings. The van der Waals surface area contributed by atoms with Crippen molar-refractivity contribution in [2.45, 2.75) is 58.3 Å². The van der Waals surface area contributed by atoms with Gasteiger partial charge < -0.3 is 23.8 Å². The van der Waals surface area contributed by atoms with Crippen molar-refractivity contribution in [2.75, 3.05) is 32.8 Å². The Bertz CT molecular complexity index is 1740. The molecule has 2 aromatic heterocycles. The van der Waals surface area contributed by atoms with Crippen LogP contribution < -0.4 is 19.1 Å². The van der Waals surface area contributed by atoms with Crippen LogP contribution in [0.4, 0.5) is 5.82 Å². The standard InChI is InChI=1S/C36H42N6O4/c1-25-13-14-28(32(17-25)44-3)20-41(21-29-15-16-31(43-2)19-33(29)45-4)35-34-36(38-24-37-35)42(40-39-34)30-12-8-11-27(18-30)23-46-22-26-9-6-5-7-10-26/h5-7,9-10,13-17,19,24,27,30H,8,11-12,18,20-23H2,1-4H3. The van der Waals surface area contributed by atoms with Crippen molar-refractivity contribution >= 4 is 17.0 Å². The summed E-state index contributed by atoms with van der Waals surface area (Å²) in [4.78, 5) is 11.7. The van der Waals surface area contributed by atoms with E-state index in [1.807, 2.05) is 41.1 Å². The minimum Gasteiger partial charge on any atom is -0.497 e. The van der Waals surface area contributed by atoms with Crippen molar-refractivity contribution in [3.63, 3.8) is 0 Å². The van der Waals surface area contributed by atoms with Crippen molar-refractivity contribution in [1.82, 2.24) is 25.0 Å². The fraction of sp³-hybridized carbons (Fsp3) is 0.389. The lowest BCUT2D eigenvalue weighted by molar-refractivity contribution is 0.0640. The molecule has 2 unspecified atom stereocenters. The molecule has 0 amide bonds. The highest BCUT2D eigenvalue weighted by Crippen LogP contribution is 2.36. The quantitative estimate of drug-likeness (QED) is 0.142. The number of methoxy groups -OCH3 is 3. The minimum absolute atomic E-state index is 0.194. The lowest BCUT2D eigenvalue weighted by Crippen LogP contribution is -2.25. The summed E-state index contributed by atoms with van der Waals surface area (Å²) in [5.74, 6) is 3.45. The van der Waals surface area contributed by atoms with E-state index in [2.05, 4.69) is 52.5 Å². The Morgan fingerprint density at radius 2 is 1.61 bits per heavy atom. The number of nitrogens with zero attached hydrogens (tertiary/aromatic N) is 6. The third kappa shape index (κ3) is 7.07. The molecule has 10 nitrogen and oxygen atoms in total. The Morgan fingerprint density at radius 1 is 0.848 bits per heavy atom. The van der Waals surface area contributed by atoms with Gasteiger partial charge in [-0.3, -0.25) is 0 Å². The van der Waals surface area contributed by atoms with Crippen LogP contribution in [-0.2, 0) is 24.4 Å². The zero-order valence-electron chi connectivity index (χ0n) is 27.1. The molecule has 1 saturated carbocycles. The molecule has 10 heteroatoms. The molecule has 0 bridgehead atoms. The monoisotopic (exact) mass is 622 g/mol. The van der Waals surface area contributed by atoms with Gasteiger partial charge in [-0.25, -0.2) is 14.6 Å². The number of fused-ring (bicyclic) bond motifs is 1. The van der Waals surface area contributed by atoms with Crippen LogP contribution in [0.3, 0.4) is 0 Å². The van der Waals surface area contributed by atoms with Gasteiger partial charge in [0, 0.05) is 36.9 Å². The van der Waals surface area contributed by atoms with Crippen molar-refractivity contribution in [1.29, 1.82) is 0 Å². The largest absolute Gasteiger partial charge is 0.497 e. The molecule has 240 valence electrons. The maximum absolute atomic E-state index is 6.13. The topological polar surface area (TPSA) is 96.7 Å². The third-order valence-corrected chi connectivity index (χ3v) is 8.77. The molecular formula is C36H42N6O4. The summed E-state index contributed by atoms with van der Waals surface area (Å²) in [6, 6.07) is 22.6. The summed E-state index contributed by atoms with van der Waals surface area (Å²) < 4.78 is 25.1. The first kappa shape index (κ1) is 31.3. The fourth-order valence-electron chi connectivity index (χ4n) is 6.37. The SMILES string of the molecule is COc1ccc(CN(Cc2ccc(C)cc2OC)c2ncnc3c2nnn3C2CCCC(COCc3ccccc3)C2)c(OC)c1. The van der Waals surface area contributed by atoms with Crippen molar-refractivity contribution in [2.24, 2.45) is 5.92 Å². The van der Waals surface area contributed by atoms with Crippen LogP contribution in [0.2, 0.25) is 0 Å². The highest BCUT2D eigenvalue weighted by molar-refractivity contribution is 5.82. The van der Waals surface area contributed by atoms with E-state index in [1.54, 1.807) is 27.7 Å². The summed E-state index contributed by atoms with van der Waals surface area (Å²) in [7, 11) is 5.02. The number of benzene rings is 3. The zero-order valence-corrected chi connectivity index (χ0v) is 27.1. The molecule has 0 N–H and O–H groups in total. The molecule has 3 aromatic carbocycles. The molecule has 1 fully saturated rings. The lowest BCUT2D eigenvalue weighted by Gasteiger charge is -2.29. The van der Waals surface area contributed by atoms with Gasteiger partial charge in [-0.2, -0.15) is 0 Å². The number of anilines is 1. The van der Waals surface area contributed by atoms with E-state index in [4.69, 9.17) is 28.9 Å². The third-order valence-electron chi connectivity index (χ3n) is 8.77. The zero-order chi connectivity index (χ0) is 31.9. The number of hydrogen-bond acceptors (Lipinski definition) is 9. The molecular weight excluding hydrogens is 580 g/mol. The highest BCUT2D eigenvalue weighted by atomic mass is 16.5. The van der Waals surface area contributed by atoms with Crippen LogP contribution in [0.15, 0.2) is 73.1 Å². The predicted molar refractivity (Wildman–Crippen MR) is 177 cm³/mol. The molecule has 0 aliphatic heterocycles. The van der Waals surface area contributed by atoms with Gasteiger partial charge in [-0.1, -0.05) is 54.1 Å². The van der Waals surface area contributed by atoms with Gasteiger partial charge in [0.2, 0.25) is 0 Å². The molecule has 2 heterocycles. The maximum Gasteiger partial charge on any atom is 0.184 e. The first-order chi connectivity index (χ1) is 22.6.